The second-order valence-corrected chi connectivity index (χ2v) is 11.5. The van der Waals surface area contributed by atoms with Gasteiger partial charge in [0.2, 0.25) is 5.78 Å². The number of hydrogen-bond acceptors (Lipinski definition) is 10. The molecule has 0 saturated heterocycles. The summed E-state index contributed by atoms with van der Waals surface area (Å²) >= 11 is 0. The van der Waals surface area contributed by atoms with Crippen LogP contribution in [-0.2, 0) is 38.2 Å². The third kappa shape index (κ3) is 3.92. The average molecular weight is 549 g/mol. The van der Waals surface area contributed by atoms with Crippen molar-refractivity contribution in [1.82, 2.24) is 0 Å². The van der Waals surface area contributed by atoms with Crippen molar-refractivity contribution in [1.29, 1.82) is 0 Å². The number of aliphatic hydroxyl groups is 2. The van der Waals surface area contributed by atoms with Crippen LogP contribution in [-0.4, -0.2) is 63.4 Å². The molecule has 0 spiro atoms. The number of ketones is 2. The SMILES string of the molecule is CC(=O)OC1=C[C@H]2[C@@H]3C[C@@H](C)[C@](O)(C(=O)C(OC(C)=O)OC(C)=O)[C@@]3(C)C[C@H](O)[C@]2(F)[C@@]2(C)C=CC(=O)C=C12. The molecule has 2 saturated carbocycles. The first-order chi connectivity index (χ1) is 17.9. The van der Waals surface area contributed by atoms with Crippen LogP contribution in [0.2, 0.25) is 0 Å². The van der Waals surface area contributed by atoms with Crippen molar-refractivity contribution in [2.24, 2.45) is 28.6 Å². The second-order valence-electron chi connectivity index (χ2n) is 11.5. The fraction of sp³-hybridized carbons (Fsp3) is 0.607. The molecule has 0 aromatic rings. The van der Waals surface area contributed by atoms with Crippen molar-refractivity contribution in [3.05, 3.63) is 35.6 Å². The lowest BCUT2D eigenvalue weighted by atomic mass is 9.46. The number of alkyl halides is 1. The van der Waals surface area contributed by atoms with Gasteiger partial charge in [0, 0.05) is 37.7 Å². The summed E-state index contributed by atoms with van der Waals surface area (Å²) in [5, 5.41) is 23.6. The Morgan fingerprint density at radius 1 is 1.08 bits per heavy atom. The molecular weight excluding hydrogens is 515 g/mol. The maximum atomic E-state index is 17.5. The summed E-state index contributed by atoms with van der Waals surface area (Å²) in [4.78, 5) is 61.3. The molecule has 0 radical (unpaired) electrons. The number of aliphatic hydroxyl groups excluding tert-OH is 1. The van der Waals surface area contributed by atoms with E-state index in [1.807, 2.05) is 0 Å². The Balaban J connectivity index is 1.88. The smallest absolute Gasteiger partial charge is 0.309 e. The van der Waals surface area contributed by atoms with Gasteiger partial charge in [-0.25, -0.2) is 4.39 Å². The van der Waals surface area contributed by atoms with Gasteiger partial charge in [-0.3, -0.25) is 24.0 Å². The largest absolute Gasteiger partial charge is 0.427 e. The van der Waals surface area contributed by atoms with E-state index in [9.17, 15) is 34.2 Å². The molecular formula is C28H33FO10. The van der Waals surface area contributed by atoms with Gasteiger partial charge < -0.3 is 24.4 Å². The van der Waals surface area contributed by atoms with Crippen LogP contribution in [0.3, 0.4) is 0 Å². The van der Waals surface area contributed by atoms with Crippen LogP contribution in [0, 0.1) is 28.6 Å². The maximum Gasteiger partial charge on any atom is 0.309 e. The van der Waals surface area contributed by atoms with Crippen LogP contribution < -0.4 is 0 Å². The summed E-state index contributed by atoms with van der Waals surface area (Å²) in [5.41, 5.74) is -7.69. The summed E-state index contributed by atoms with van der Waals surface area (Å²) in [5.74, 6) is -6.94. The van der Waals surface area contributed by atoms with Crippen LogP contribution in [0.1, 0.15) is 54.4 Å². The Morgan fingerprint density at radius 2 is 1.67 bits per heavy atom. The number of esters is 3. The van der Waals surface area contributed by atoms with Gasteiger partial charge in [-0.2, -0.15) is 0 Å². The zero-order valence-corrected chi connectivity index (χ0v) is 22.6. The Bertz CT molecular complexity index is 1230. The molecule has 2 fully saturated rings. The highest BCUT2D eigenvalue weighted by atomic mass is 19.1. The van der Waals surface area contributed by atoms with E-state index in [4.69, 9.17) is 14.2 Å². The number of carbonyl (C=O) groups excluding carboxylic acids is 5. The van der Waals surface area contributed by atoms with Crippen molar-refractivity contribution >= 4 is 29.5 Å². The molecule has 0 aromatic carbocycles. The van der Waals surface area contributed by atoms with Crippen molar-refractivity contribution < 1.29 is 52.8 Å². The number of rotatable bonds is 5. The van der Waals surface area contributed by atoms with E-state index in [-0.39, 0.29) is 24.2 Å². The first kappa shape index (κ1) is 28.8. The van der Waals surface area contributed by atoms with E-state index >= 15 is 4.39 Å². The van der Waals surface area contributed by atoms with Crippen molar-refractivity contribution in [3.63, 3.8) is 0 Å². The van der Waals surface area contributed by atoms with E-state index in [2.05, 4.69) is 0 Å². The number of hydrogen-bond donors (Lipinski definition) is 2. The zero-order valence-electron chi connectivity index (χ0n) is 22.6. The third-order valence-electron chi connectivity index (χ3n) is 9.24. The Hall–Kier alpha value is -3.18. The normalized spacial score (nSPS) is 40.5. The lowest BCUT2D eigenvalue weighted by molar-refractivity contribution is -0.222. The molecule has 4 aliphatic rings. The number of fused-ring (bicyclic) bond motifs is 5. The second kappa shape index (κ2) is 9.19. The topological polar surface area (TPSA) is 154 Å². The van der Waals surface area contributed by atoms with Crippen LogP contribution in [0.5, 0.6) is 0 Å². The molecule has 2 N–H and O–H groups in total. The Kier molecular flexibility index (Phi) is 6.79. The minimum Gasteiger partial charge on any atom is -0.427 e. The van der Waals surface area contributed by atoms with Gasteiger partial charge in [0.1, 0.15) is 11.4 Å². The Labute approximate surface area is 224 Å². The third-order valence-corrected chi connectivity index (χ3v) is 9.24. The number of Topliss-reactive ketones (excluding diaryl/α,β-unsaturated/α-hetero) is 1. The van der Waals surface area contributed by atoms with Crippen LogP contribution in [0.15, 0.2) is 35.6 Å². The molecule has 4 rings (SSSR count). The van der Waals surface area contributed by atoms with Gasteiger partial charge in [0.05, 0.1) is 11.5 Å². The summed E-state index contributed by atoms with van der Waals surface area (Å²) in [7, 11) is 0. The van der Waals surface area contributed by atoms with Gasteiger partial charge in [0.25, 0.3) is 0 Å². The number of allylic oxidation sites excluding steroid dienone is 5. The number of ether oxygens (including phenoxy) is 3. The molecule has 0 unspecified atom stereocenters. The van der Waals surface area contributed by atoms with E-state index in [0.717, 1.165) is 20.8 Å². The fourth-order valence-electron chi connectivity index (χ4n) is 7.48. The molecule has 212 valence electrons. The minimum atomic E-state index is -2.41. The van der Waals surface area contributed by atoms with Gasteiger partial charge in [-0.15, -0.1) is 0 Å². The maximum absolute atomic E-state index is 17.5. The number of carbonyl (C=O) groups is 5. The fourth-order valence-corrected chi connectivity index (χ4v) is 7.48. The summed E-state index contributed by atoms with van der Waals surface area (Å²) in [6.45, 7) is 7.79. The molecule has 11 heteroatoms. The first-order valence-electron chi connectivity index (χ1n) is 12.8. The van der Waals surface area contributed by atoms with Gasteiger partial charge >= 0.3 is 24.2 Å². The highest BCUT2D eigenvalue weighted by molar-refractivity contribution is 6.02. The summed E-state index contributed by atoms with van der Waals surface area (Å²) < 4.78 is 32.8. The lowest BCUT2D eigenvalue weighted by Gasteiger charge is -2.61. The molecule has 0 aromatic heterocycles. The summed E-state index contributed by atoms with van der Waals surface area (Å²) in [6.07, 6.45) is 0.984. The molecule has 4 aliphatic carbocycles. The van der Waals surface area contributed by atoms with Gasteiger partial charge in [0.15, 0.2) is 11.5 Å². The van der Waals surface area contributed by atoms with Gasteiger partial charge in [-0.05, 0) is 49.8 Å². The highest BCUT2D eigenvalue weighted by Crippen LogP contribution is 2.70. The van der Waals surface area contributed by atoms with Gasteiger partial charge in [-0.1, -0.05) is 19.9 Å². The van der Waals surface area contributed by atoms with Crippen molar-refractivity contribution in [3.8, 4) is 0 Å². The van der Waals surface area contributed by atoms with E-state index in [1.165, 1.54) is 38.2 Å². The molecule has 0 aliphatic heterocycles. The predicted octanol–water partition coefficient (Wildman–Crippen LogP) is 2.02. The standard InChI is InChI=1S/C28H33FO10/c1-13-9-18-19-11-21(37-14(2)30)20-10-17(33)7-8-25(20,5)27(19,29)22(34)12-26(18,6)28(13,36)23(35)24(38-15(3)31)39-16(4)32/h7-8,10-11,13,18-19,22,24,34,36H,9,12H2,1-6H3/t13-,18+,19+,22+,25+,26+,27+,28+/m1/s1. The lowest BCUT2D eigenvalue weighted by Crippen LogP contribution is -2.69. The summed E-state index contributed by atoms with van der Waals surface area (Å²) in [6, 6.07) is 0. The van der Waals surface area contributed by atoms with Crippen LogP contribution >= 0.6 is 0 Å². The molecule has 39 heavy (non-hydrogen) atoms. The average Bonchev–Trinajstić information content (AvgIpc) is 3.01. The molecule has 0 amide bonds. The predicted molar refractivity (Wildman–Crippen MR) is 131 cm³/mol. The molecule has 8 atom stereocenters. The quantitative estimate of drug-likeness (QED) is 0.385. The van der Waals surface area contributed by atoms with Crippen molar-refractivity contribution in [2.75, 3.05) is 0 Å². The highest BCUT2D eigenvalue weighted by Gasteiger charge is 2.76. The monoisotopic (exact) mass is 548 g/mol. The van der Waals surface area contributed by atoms with Crippen molar-refractivity contribution in [2.45, 2.75) is 78.0 Å². The van der Waals surface area contributed by atoms with E-state index < -0.39 is 81.7 Å². The van der Waals surface area contributed by atoms with E-state index in [0.29, 0.717) is 0 Å². The van der Waals surface area contributed by atoms with Crippen LogP contribution in [0.4, 0.5) is 4.39 Å². The molecule has 0 heterocycles. The van der Waals surface area contributed by atoms with Crippen LogP contribution in [0.25, 0.3) is 0 Å². The van der Waals surface area contributed by atoms with E-state index in [1.54, 1.807) is 6.92 Å². The molecule has 10 nitrogen and oxygen atoms in total. The Morgan fingerprint density at radius 3 is 2.21 bits per heavy atom. The number of halogens is 1. The minimum absolute atomic E-state index is 0.0375. The zero-order chi connectivity index (χ0) is 29.3. The first-order valence-corrected chi connectivity index (χ1v) is 12.8. The molecule has 0 bridgehead atoms.